The minimum atomic E-state index is -4.69. The lowest BCUT2D eigenvalue weighted by molar-refractivity contribution is -0.704. The smallest absolute Gasteiger partial charge is 0.325 e. The van der Waals surface area contributed by atoms with Crippen LogP contribution in [0.4, 0.5) is 18.9 Å². The molecule has 0 aliphatic rings. The molecule has 1 unspecified atom stereocenters. The summed E-state index contributed by atoms with van der Waals surface area (Å²) in [5.74, 6) is -0.719. The number of carbonyl (C=O) groups is 1. The Morgan fingerprint density at radius 2 is 1.90 bits per heavy atom. The molecule has 0 aliphatic heterocycles. The van der Waals surface area contributed by atoms with Crippen LogP contribution in [0, 0.1) is 6.92 Å². The number of aryl methyl sites for hydroxylation is 1. The summed E-state index contributed by atoms with van der Waals surface area (Å²) in [6, 6.07) is 10.2. The second kappa shape index (κ2) is 8.57. The molecule has 3 rings (SSSR count). The maximum atomic E-state index is 13.2. The van der Waals surface area contributed by atoms with Gasteiger partial charge >= 0.3 is 16.8 Å². The van der Waals surface area contributed by atoms with Gasteiger partial charge in [-0.05, 0) is 53.8 Å². The zero-order chi connectivity index (χ0) is 22.1. The van der Waals surface area contributed by atoms with Gasteiger partial charge in [-0.25, -0.2) is 4.79 Å². The van der Waals surface area contributed by atoms with Crippen molar-refractivity contribution in [2.75, 3.05) is 5.32 Å². The van der Waals surface area contributed by atoms with E-state index in [0.717, 1.165) is 29.5 Å². The van der Waals surface area contributed by atoms with Crippen molar-refractivity contribution in [3.63, 3.8) is 0 Å². The Bertz CT molecular complexity index is 1130. The van der Waals surface area contributed by atoms with E-state index in [9.17, 15) is 22.8 Å². The maximum Gasteiger partial charge on any atom is 0.442 e. The molecule has 158 valence electrons. The van der Waals surface area contributed by atoms with Crippen LogP contribution >= 0.6 is 23.4 Å². The van der Waals surface area contributed by atoms with Crippen LogP contribution in [0.2, 0.25) is 5.02 Å². The molecule has 0 saturated carbocycles. The number of anilines is 1. The fourth-order valence-corrected chi connectivity index (χ4v) is 3.60. The Labute approximate surface area is 178 Å². The Morgan fingerprint density at radius 1 is 1.23 bits per heavy atom. The minimum absolute atomic E-state index is 0.0775. The fourth-order valence-electron chi connectivity index (χ4n) is 2.54. The maximum absolute atomic E-state index is 13.2. The average Bonchev–Trinajstić information content (AvgIpc) is 3.03. The third-order valence-electron chi connectivity index (χ3n) is 4.10. The number of alkyl halides is 3. The van der Waals surface area contributed by atoms with E-state index in [4.69, 9.17) is 16.1 Å². The highest BCUT2D eigenvalue weighted by Crippen LogP contribution is 2.36. The number of halogens is 4. The van der Waals surface area contributed by atoms with Crippen LogP contribution < -0.4 is 15.6 Å². The van der Waals surface area contributed by atoms with Gasteiger partial charge in [-0.3, -0.25) is 9.32 Å². The lowest BCUT2D eigenvalue weighted by Gasteiger charge is -2.15. The number of rotatable bonds is 5. The van der Waals surface area contributed by atoms with Crippen LogP contribution in [0.25, 0.3) is 5.69 Å². The average molecular weight is 459 g/mol. The van der Waals surface area contributed by atoms with Crippen molar-refractivity contribution in [1.82, 2.24) is 5.27 Å². The first-order valence-corrected chi connectivity index (χ1v) is 9.87. The Morgan fingerprint density at radius 3 is 2.53 bits per heavy atom. The van der Waals surface area contributed by atoms with Crippen molar-refractivity contribution in [2.45, 2.75) is 30.3 Å². The molecule has 11 heteroatoms. The summed E-state index contributed by atoms with van der Waals surface area (Å²) in [6.45, 7) is 3.37. The molecule has 3 aromatic rings. The molecule has 6 nitrogen and oxygen atoms in total. The van der Waals surface area contributed by atoms with E-state index < -0.39 is 34.2 Å². The highest BCUT2D eigenvalue weighted by Gasteiger charge is 2.35. The second-order valence-electron chi connectivity index (χ2n) is 6.39. The van der Waals surface area contributed by atoms with Gasteiger partial charge in [0.1, 0.15) is 0 Å². The summed E-state index contributed by atoms with van der Waals surface area (Å²) in [5.41, 5.74) is -0.579. The van der Waals surface area contributed by atoms with E-state index in [1.54, 1.807) is 12.1 Å². The highest BCUT2D eigenvalue weighted by atomic mass is 35.5. The molecule has 1 aromatic heterocycles. The molecule has 1 amide bonds. The normalized spacial score (nSPS) is 12.6. The molecule has 2 N–H and O–H groups in total. The zero-order valence-corrected chi connectivity index (χ0v) is 17.3. The molecule has 1 heterocycles. The third kappa shape index (κ3) is 4.88. The lowest BCUT2D eigenvalue weighted by atomic mass is 10.1. The van der Waals surface area contributed by atoms with Crippen LogP contribution in [0.5, 0.6) is 0 Å². The first-order chi connectivity index (χ1) is 14.1. The van der Waals surface area contributed by atoms with Gasteiger partial charge in [-0.15, -0.1) is 0 Å². The van der Waals surface area contributed by atoms with Crippen LogP contribution in [0.15, 0.2) is 56.8 Å². The van der Waals surface area contributed by atoms with Crippen molar-refractivity contribution >= 4 is 35.0 Å². The van der Waals surface area contributed by atoms with Gasteiger partial charge in [0, 0.05) is 17.2 Å². The zero-order valence-electron chi connectivity index (χ0n) is 15.7. The summed E-state index contributed by atoms with van der Waals surface area (Å²) < 4.78 is 45.9. The Balaban J connectivity index is 1.82. The molecule has 30 heavy (non-hydrogen) atoms. The minimum Gasteiger partial charge on any atom is -0.325 e. The molecule has 2 aromatic carbocycles. The summed E-state index contributed by atoms with van der Waals surface area (Å²) in [6.07, 6.45) is -4.69. The van der Waals surface area contributed by atoms with Gasteiger partial charge in [0.15, 0.2) is 0 Å². The van der Waals surface area contributed by atoms with Gasteiger partial charge in [0.05, 0.1) is 16.5 Å². The number of nitrogens with zero attached hydrogens (tertiary/aromatic N) is 1. The first-order valence-electron chi connectivity index (χ1n) is 8.61. The molecular weight excluding hydrogens is 443 g/mol. The standard InChI is InChI=1S/C19H15ClF3N3O3S/c1-10-3-6-13(7-4-10)26-17(18(28)29-25-26)30-11(2)16(27)24-15-8-5-12(20)9-14(15)19(21,22)23/h3-9,11H,1-2H3,(H-,24,25,27,28)/p+1. The summed E-state index contributed by atoms with van der Waals surface area (Å²) in [7, 11) is 0. The van der Waals surface area contributed by atoms with Crippen molar-refractivity contribution < 1.29 is 27.2 Å². The Kier molecular flexibility index (Phi) is 6.27. The number of aromatic amines is 1. The molecular formula is C19H16ClF3N3O3S+. The van der Waals surface area contributed by atoms with Gasteiger partial charge in [0.25, 0.3) is 0 Å². The summed E-state index contributed by atoms with van der Waals surface area (Å²) in [4.78, 5) is 24.6. The van der Waals surface area contributed by atoms with Gasteiger partial charge in [0.2, 0.25) is 11.6 Å². The molecule has 0 spiro atoms. The fraction of sp³-hybridized carbons (Fsp3) is 0.211. The summed E-state index contributed by atoms with van der Waals surface area (Å²) in [5, 5.41) is 3.77. The molecule has 0 saturated heterocycles. The predicted octanol–water partition coefficient (Wildman–Crippen LogP) is 4.34. The molecule has 1 atom stereocenters. The van der Waals surface area contributed by atoms with Crippen molar-refractivity contribution in [1.29, 1.82) is 0 Å². The van der Waals surface area contributed by atoms with Crippen LogP contribution in [0.3, 0.4) is 0 Å². The van der Waals surface area contributed by atoms with Crippen LogP contribution in [0.1, 0.15) is 18.1 Å². The van der Waals surface area contributed by atoms with E-state index in [2.05, 4.69) is 10.6 Å². The van der Waals surface area contributed by atoms with E-state index in [0.29, 0.717) is 5.69 Å². The van der Waals surface area contributed by atoms with E-state index in [1.807, 2.05) is 19.1 Å². The number of aromatic nitrogens is 2. The van der Waals surface area contributed by atoms with Crippen molar-refractivity contribution in [3.05, 3.63) is 69.0 Å². The number of H-pyrrole nitrogens is 1. The molecule has 0 bridgehead atoms. The summed E-state index contributed by atoms with van der Waals surface area (Å²) >= 11 is 6.50. The molecule has 0 radical (unpaired) electrons. The molecule has 0 fully saturated rings. The first kappa shape index (κ1) is 22.0. The molecule has 0 aliphatic carbocycles. The van der Waals surface area contributed by atoms with Crippen LogP contribution in [-0.2, 0) is 11.0 Å². The number of carbonyl (C=O) groups excluding carboxylic acids is 1. The topological polar surface area (TPSA) is 79.0 Å². The quantitative estimate of drug-likeness (QED) is 0.440. The Hall–Kier alpha value is -2.72. The number of nitrogens with one attached hydrogen (secondary N) is 2. The number of hydrogen-bond acceptors (Lipinski definition) is 4. The third-order valence-corrected chi connectivity index (χ3v) is 5.48. The largest absolute Gasteiger partial charge is 0.442 e. The van der Waals surface area contributed by atoms with Gasteiger partial charge in [-0.2, -0.15) is 13.2 Å². The predicted molar refractivity (Wildman–Crippen MR) is 106 cm³/mol. The van der Waals surface area contributed by atoms with Crippen molar-refractivity contribution in [2.24, 2.45) is 0 Å². The van der Waals surface area contributed by atoms with Crippen molar-refractivity contribution in [3.8, 4) is 5.69 Å². The number of thioether (sulfide) groups is 1. The second-order valence-corrected chi connectivity index (χ2v) is 8.16. The van der Waals surface area contributed by atoms with E-state index in [1.165, 1.54) is 17.7 Å². The monoisotopic (exact) mass is 458 g/mol. The number of benzene rings is 2. The highest BCUT2D eigenvalue weighted by molar-refractivity contribution is 8.00. The van der Waals surface area contributed by atoms with E-state index >= 15 is 0 Å². The lowest BCUT2D eigenvalue weighted by Crippen LogP contribution is -2.37. The SMILES string of the molecule is Cc1ccc(-[n+]2[nH]oc(=O)c2SC(C)C(=O)Nc2ccc(Cl)cc2C(F)(F)F)cc1. The van der Waals surface area contributed by atoms with Gasteiger partial charge in [-0.1, -0.05) is 29.3 Å². The van der Waals surface area contributed by atoms with Gasteiger partial charge < -0.3 is 5.32 Å². The number of hydrogen-bond donors (Lipinski definition) is 2. The van der Waals surface area contributed by atoms with E-state index in [-0.39, 0.29) is 10.0 Å². The van der Waals surface area contributed by atoms with Crippen LogP contribution in [-0.4, -0.2) is 16.4 Å². The number of amides is 1.